The predicted octanol–water partition coefficient (Wildman–Crippen LogP) is 1.30. The molecule has 0 fully saturated rings. The Kier molecular flexibility index (Phi) is 4.87. The Morgan fingerprint density at radius 1 is 1.24 bits per heavy atom. The Hall–Kier alpha value is -3.49. The molecule has 0 saturated heterocycles. The lowest BCUT2D eigenvalue weighted by Gasteiger charge is -2.20. The van der Waals surface area contributed by atoms with Gasteiger partial charge in [-0.3, -0.25) is 14.5 Å². The van der Waals surface area contributed by atoms with Gasteiger partial charge >= 0.3 is 0 Å². The molecule has 1 aliphatic heterocycles. The molecule has 0 unspecified atom stereocenters. The number of nitrogens with one attached hydrogen (secondary N) is 1. The van der Waals surface area contributed by atoms with Gasteiger partial charge in [-0.1, -0.05) is 30.3 Å². The van der Waals surface area contributed by atoms with Crippen molar-refractivity contribution in [1.29, 1.82) is 0 Å². The third-order valence-corrected chi connectivity index (χ3v) is 5.12. The van der Waals surface area contributed by atoms with Crippen molar-refractivity contribution in [2.24, 2.45) is 0 Å². The lowest BCUT2D eigenvalue weighted by atomic mass is 10.2. The highest BCUT2D eigenvalue weighted by Crippen LogP contribution is 2.25. The molecule has 0 saturated carbocycles. The molecule has 1 atom stereocenters. The number of nitrogens with zero attached hydrogens (tertiary/aromatic N) is 6. The fraction of sp³-hybridized carbons (Fsp3) is 0.350. The number of likely N-dealkylation sites (N-methyl/N-ethyl adjacent to an activating group) is 1. The van der Waals surface area contributed by atoms with Gasteiger partial charge in [0.25, 0.3) is 11.8 Å². The Morgan fingerprint density at radius 3 is 2.76 bits per heavy atom. The topological polar surface area (TPSA) is 97.9 Å². The number of fused-ring (bicyclic) bond motifs is 1. The number of benzene rings is 1. The second-order valence-corrected chi connectivity index (χ2v) is 7.18. The standard InChI is InChI=1S/C20H23N7O2/c1-13-19-25(3)20(29)16(9-10-27(19)14(2)22-13)23-18(28)17-21-12-26(24-17)11-15-7-5-4-6-8-15/h4-8,12,16H,9-11H2,1-3H3,(H,23,28)/t16-/m1/s1. The van der Waals surface area contributed by atoms with Crippen LogP contribution in [0.5, 0.6) is 0 Å². The average Bonchev–Trinajstić information content (AvgIpc) is 3.25. The van der Waals surface area contributed by atoms with E-state index >= 15 is 0 Å². The minimum atomic E-state index is -0.646. The monoisotopic (exact) mass is 393 g/mol. The van der Waals surface area contributed by atoms with E-state index in [9.17, 15) is 9.59 Å². The minimum Gasteiger partial charge on any atom is -0.337 e. The second kappa shape index (κ2) is 7.50. The van der Waals surface area contributed by atoms with Crippen LogP contribution in [0.2, 0.25) is 0 Å². The van der Waals surface area contributed by atoms with Gasteiger partial charge in [-0.05, 0) is 25.8 Å². The minimum absolute atomic E-state index is 0.0503. The van der Waals surface area contributed by atoms with Crippen molar-refractivity contribution in [3.05, 3.63) is 59.6 Å². The number of hydrogen-bond acceptors (Lipinski definition) is 5. The SMILES string of the molecule is Cc1nc(C)n2c1N(C)C(=O)[C@H](NC(=O)c1ncn(Cc3ccccc3)n1)CC2. The Labute approximate surface area is 168 Å². The number of rotatable bonds is 4. The number of anilines is 1. The van der Waals surface area contributed by atoms with Crippen LogP contribution in [-0.4, -0.2) is 49.2 Å². The first kappa shape index (κ1) is 18.9. The molecule has 0 aliphatic carbocycles. The summed E-state index contributed by atoms with van der Waals surface area (Å²) in [4.78, 5) is 35.7. The normalized spacial score (nSPS) is 16.4. The summed E-state index contributed by atoms with van der Waals surface area (Å²) in [5, 5.41) is 7.04. The van der Waals surface area contributed by atoms with Gasteiger partial charge in [0, 0.05) is 13.6 Å². The molecular weight excluding hydrogens is 370 g/mol. The van der Waals surface area contributed by atoms with Crippen LogP contribution in [-0.2, 0) is 17.9 Å². The highest BCUT2D eigenvalue weighted by Gasteiger charge is 2.32. The van der Waals surface area contributed by atoms with Crippen LogP contribution in [0.25, 0.3) is 0 Å². The Bertz CT molecular complexity index is 1050. The molecule has 0 bridgehead atoms. The highest BCUT2D eigenvalue weighted by molar-refractivity contribution is 6.01. The quantitative estimate of drug-likeness (QED) is 0.721. The molecule has 1 aliphatic rings. The Balaban J connectivity index is 1.46. The van der Waals surface area contributed by atoms with Gasteiger partial charge in [-0.15, -0.1) is 5.10 Å². The first-order valence-corrected chi connectivity index (χ1v) is 9.49. The highest BCUT2D eigenvalue weighted by atomic mass is 16.2. The molecule has 0 radical (unpaired) electrons. The molecular formula is C20H23N7O2. The third kappa shape index (κ3) is 3.63. The maximum absolute atomic E-state index is 12.9. The number of hydrogen-bond donors (Lipinski definition) is 1. The number of imidazole rings is 1. The molecule has 1 aromatic carbocycles. The van der Waals surface area contributed by atoms with Gasteiger partial charge in [0.15, 0.2) is 0 Å². The van der Waals surface area contributed by atoms with E-state index in [1.807, 2.05) is 48.7 Å². The largest absolute Gasteiger partial charge is 0.337 e. The molecule has 2 amide bonds. The van der Waals surface area contributed by atoms with Crippen LogP contribution in [0.4, 0.5) is 5.82 Å². The number of carbonyl (C=O) groups is 2. The van der Waals surface area contributed by atoms with E-state index in [4.69, 9.17) is 0 Å². The van der Waals surface area contributed by atoms with E-state index in [1.165, 1.54) is 6.33 Å². The lowest BCUT2D eigenvalue weighted by Crippen LogP contribution is -2.47. The van der Waals surface area contributed by atoms with Crippen LogP contribution >= 0.6 is 0 Å². The fourth-order valence-corrected chi connectivity index (χ4v) is 3.71. The van der Waals surface area contributed by atoms with Gasteiger partial charge in [0.2, 0.25) is 5.82 Å². The van der Waals surface area contributed by atoms with Crippen molar-refractivity contribution in [2.75, 3.05) is 11.9 Å². The average molecular weight is 393 g/mol. The summed E-state index contributed by atoms with van der Waals surface area (Å²) in [7, 11) is 1.71. The van der Waals surface area contributed by atoms with E-state index in [1.54, 1.807) is 16.6 Å². The zero-order valence-electron chi connectivity index (χ0n) is 16.7. The molecule has 1 N–H and O–H groups in total. The van der Waals surface area contributed by atoms with Crippen LogP contribution in [0, 0.1) is 13.8 Å². The van der Waals surface area contributed by atoms with E-state index in [0.29, 0.717) is 19.5 Å². The van der Waals surface area contributed by atoms with Gasteiger partial charge in [-0.25, -0.2) is 14.6 Å². The molecule has 9 nitrogen and oxygen atoms in total. The summed E-state index contributed by atoms with van der Waals surface area (Å²) < 4.78 is 3.61. The van der Waals surface area contributed by atoms with Crippen LogP contribution in [0.3, 0.4) is 0 Å². The van der Waals surface area contributed by atoms with E-state index in [-0.39, 0.29) is 11.7 Å². The molecule has 3 heterocycles. The van der Waals surface area contributed by atoms with Gasteiger partial charge in [0.05, 0.1) is 12.2 Å². The summed E-state index contributed by atoms with van der Waals surface area (Å²) in [5.74, 6) is 1.04. The number of aromatic nitrogens is 5. The predicted molar refractivity (Wildman–Crippen MR) is 107 cm³/mol. The van der Waals surface area contributed by atoms with Crippen molar-refractivity contribution in [1.82, 2.24) is 29.6 Å². The number of amides is 2. The van der Waals surface area contributed by atoms with E-state index < -0.39 is 11.9 Å². The first-order chi connectivity index (χ1) is 13.9. The van der Waals surface area contributed by atoms with Crippen LogP contribution < -0.4 is 10.2 Å². The van der Waals surface area contributed by atoms with Crippen molar-refractivity contribution >= 4 is 17.6 Å². The van der Waals surface area contributed by atoms with Crippen molar-refractivity contribution in [2.45, 2.75) is 39.4 Å². The first-order valence-electron chi connectivity index (χ1n) is 9.49. The van der Waals surface area contributed by atoms with Crippen molar-refractivity contribution in [3.63, 3.8) is 0 Å². The second-order valence-electron chi connectivity index (χ2n) is 7.18. The molecule has 3 aromatic rings. The number of aryl methyl sites for hydroxylation is 2. The molecule has 2 aromatic heterocycles. The maximum Gasteiger partial charge on any atom is 0.291 e. The summed E-state index contributed by atoms with van der Waals surface area (Å²) in [6, 6.07) is 9.16. The number of carbonyl (C=O) groups excluding carboxylic acids is 2. The zero-order chi connectivity index (χ0) is 20.5. The Morgan fingerprint density at radius 2 is 2.00 bits per heavy atom. The molecule has 4 rings (SSSR count). The third-order valence-electron chi connectivity index (χ3n) is 5.12. The summed E-state index contributed by atoms with van der Waals surface area (Å²) in [6.07, 6.45) is 2.00. The van der Waals surface area contributed by atoms with Crippen molar-refractivity contribution in [3.8, 4) is 0 Å². The van der Waals surface area contributed by atoms with Crippen molar-refractivity contribution < 1.29 is 9.59 Å². The molecule has 150 valence electrons. The van der Waals surface area contributed by atoms with Gasteiger partial charge < -0.3 is 9.88 Å². The van der Waals surface area contributed by atoms with Gasteiger partial charge in [0.1, 0.15) is 24.0 Å². The summed E-state index contributed by atoms with van der Waals surface area (Å²) in [5.41, 5.74) is 1.86. The summed E-state index contributed by atoms with van der Waals surface area (Å²) >= 11 is 0. The summed E-state index contributed by atoms with van der Waals surface area (Å²) in [6.45, 7) is 4.91. The smallest absolute Gasteiger partial charge is 0.291 e. The fourth-order valence-electron chi connectivity index (χ4n) is 3.71. The molecule has 9 heteroatoms. The van der Waals surface area contributed by atoms with Crippen LogP contribution in [0.15, 0.2) is 36.7 Å². The molecule has 29 heavy (non-hydrogen) atoms. The molecule has 0 spiro atoms. The van der Waals surface area contributed by atoms with E-state index in [0.717, 1.165) is 22.9 Å². The van der Waals surface area contributed by atoms with Crippen LogP contribution in [0.1, 0.15) is 34.1 Å². The van der Waals surface area contributed by atoms with E-state index in [2.05, 4.69) is 20.4 Å². The van der Waals surface area contributed by atoms with Gasteiger partial charge in [-0.2, -0.15) is 0 Å². The zero-order valence-corrected chi connectivity index (χ0v) is 16.7. The lowest BCUT2D eigenvalue weighted by molar-refractivity contribution is -0.120. The maximum atomic E-state index is 12.9.